The minimum absolute atomic E-state index is 0.0648. The highest BCUT2D eigenvalue weighted by Gasteiger charge is 2.22. The summed E-state index contributed by atoms with van der Waals surface area (Å²) in [5, 5.41) is 8.67. The molecule has 0 aliphatic heterocycles. The number of aryl methyl sites for hydroxylation is 2. The average Bonchev–Trinajstić information content (AvgIpc) is 2.83. The average molecular weight is 457 g/mol. The lowest BCUT2D eigenvalue weighted by atomic mass is 9.78. The normalized spacial score (nSPS) is 10.3. The van der Waals surface area contributed by atoms with Crippen LogP contribution in [0.5, 0.6) is 0 Å². The van der Waals surface area contributed by atoms with Gasteiger partial charge in [0, 0.05) is 5.41 Å². The number of rotatable bonds is 8. The van der Waals surface area contributed by atoms with Gasteiger partial charge in [0.05, 0.1) is 6.10 Å². The Morgan fingerprint density at radius 3 is 1.06 bits per heavy atom. The number of aliphatic hydroxyl groups excluding tert-OH is 1. The van der Waals surface area contributed by atoms with Crippen LogP contribution in [0.15, 0.2) is 48.5 Å². The Kier molecular flexibility index (Phi) is 21.3. The Balaban J connectivity index is 0. The van der Waals surface area contributed by atoms with Gasteiger partial charge in [-0.15, -0.1) is 0 Å². The first-order valence-electron chi connectivity index (χ1n) is 13.5. The number of hydrogen-bond acceptors (Lipinski definition) is 1. The second kappa shape index (κ2) is 21.0. The van der Waals surface area contributed by atoms with E-state index in [2.05, 4.69) is 104 Å². The van der Waals surface area contributed by atoms with Crippen LogP contribution in [0.25, 0.3) is 0 Å². The fourth-order valence-corrected chi connectivity index (χ4v) is 2.90. The Morgan fingerprint density at radius 1 is 0.576 bits per heavy atom. The predicted octanol–water partition coefficient (Wildman–Crippen LogP) is 10.2. The highest BCUT2D eigenvalue weighted by molar-refractivity contribution is 5.39. The standard InChI is InChI=1S/C17H20.C6H14.C5H12O.C4H10/c1-13-5-9-15(10-6-13)17(3,4)16-11-7-14(2)8-12-16;1-3-5-6-4-2;1-3-5(6)4-2;1-3-4-2/h5-12H,1-4H3;3-6H2,1-2H3;5-6H,3-4H2,1-2H3;3-4H2,1-2H3. The van der Waals surface area contributed by atoms with Gasteiger partial charge in [-0.1, -0.05) is 154 Å². The third-order valence-electron chi connectivity index (χ3n) is 5.95. The second-order valence-corrected chi connectivity index (χ2v) is 9.53. The van der Waals surface area contributed by atoms with Crippen LogP contribution < -0.4 is 0 Å². The van der Waals surface area contributed by atoms with E-state index in [0.717, 1.165) is 12.8 Å². The van der Waals surface area contributed by atoms with Crippen LogP contribution >= 0.6 is 0 Å². The molecule has 0 fully saturated rings. The summed E-state index contributed by atoms with van der Waals surface area (Å²) >= 11 is 0. The summed E-state index contributed by atoms with van der Waals surface area (Å²) < 4.78 is 0. The van der Waals surface area contributed by atoms with E-state index < -0.39 is 0 Å². The fourth-order valence-electron chi connectivity index (χ4n) is 2.90. The zero-order valence-electron chi connectivity index (χ0n) is 23.8. The van der Waals surface area contributed by atoms with Crippen molar-refractivity contribution in [3.8, 4) is 0 Å². The van der Waals surface area contributed by atoms with Gasteiger partial charge in [0.1, 0.15) is 0 Å². The molecule has 0 heterocycles. The molecule has 0 aliphatic rings. The first-order valence-corrected chi connectivity index (χ1v) is 13.5. The van der Waals surface area contributed by atoms with Crippen molar-refractivity contribution < 1.29 is 5.11 Å². The van der Waals surface area contributed by atoms with E-state index in [0.29, 0.717) is 0 Å². The Labute approximate surface area is 208 Å². The van der Waals surface area contributed by atoms with Crippen molar-refractivity contribution >= 4 is 0 Å². The molecule has 0 radical (unpaired) electrons. The third-order valence-corrected chi connectivity index (χ3v) is 5.95. The molecular formula is C32H56O. The minimum Gasteiger partial charge on any atom is -0.393 e. The molecule has 0 unspecified atom stereocenters. The molecule has 2 rings (SSSR count). The minimum atomic E-state index is -0.0648. The van der Waals surface area contributed by atoms with Gasteiger partial charge in [0.15, 0.2) is 0 Å². The summed E-state index contributed by atoms with van der Waals surface area (Å²) in [4.78, 5) is 0. The number of hydrogen-bond donors (Lipinski definition) is 1. The van der Waals surface area contributed by atoms with E-state index in [-0.39, 0.29) is 11.5 Å². The van der Waals surface area contributed by atoms with Crippen LogP contribution in [0, 0.1) is 13.8 Å². The summed E-state index contributed by atoms with van der Waals surface area (Å²) in [5.74, 6) is 0. The lowest BCUT2D eigenvalue weighted by Crippen LogP contribution is -2.18. The largest absolute Gasteiger partial charge is 0.393 e. The molecule has 0 bridgehead atoms. The predicted molar refractivity (Wildman–Crippen MR) is 151 cm³/mol. The number of benzene rings is 2. The summed E-state index contributed by atoms with van der Waals surface area (Å²) in [6, 6.07) is 17.7. The molecule has 2 aromatic rings. The van der Waals surface area contributed by atoms with Crippen LogP contribution in [0.1, 0.15) is 129 Å². The molecule has 0 spiro atoms. The highest BCUT2D eigenvalue weighted by Crippen LogP contribution is 2.31. The van der Waals surface area contributed by atoms with Gasteiger partial charge in [-0.05, 0) is 37.8 Å². The van der Waals surface area contributed by atoms with E-state index in [1.807, 2.05) is 13.8 Å². The van der Waals surface area contributed by atoms with Crippen LogP contribution in [-0.2, 0) is 5.41 Å². The lowest BCUT2D eigenvalue weighted by molar-refractivity contribution is 0.166. The molecular weight excluding hydrogens is 400 g/mol. The van der Waals surface area contributed by atoms with Gasteiger partial charge in [-0.25, -0.2) is 0 Å². The quantitative estimate of drug-likeness (QED) is 0.392. The van der Waals surface area contributed by atoms with Crippen molar-refractivity contribution in [2.45, 2.75) is 132 Å². The molecule has 33 heavy (non-hydrogen) atoms. The van der Waals surface area contributed by atoms with E-state index in [1.165, 1.54) is 60.8 Å². The van der Waals surface area contributed by atoms with Gasteiger partial charge in [0.25, 0.3) is 0 Å². The van der Waals surface area contributed by atoms with Crippen molar-refractivity contribution in [2.24, 2.45) is 0 Å². The van der Waals surface area contributed by atoms with Gasteiger partial charge < -0.3 is 5.11 Å². The van der Waals surface area contributed by atoms with Crippen LogP contribution in [0.4, 0.5) is 0 Å². The topological polar surface area (TPSA) is 20.2 Å². The molecule has 2 aromatic carbocycles. The van der Waals surface area contributed by atoms with Gasteiger partial charge in [-0.2, -0.15) is 0 Å². The molecule has 1 heteroatoms. The third kappa shape index (κ3) is 16.6. The molecule has 0 atom stereocenters. The summed E-state index contributed by atoms with van der Waals surface area (Å²) in [7, 11) is 0. The Morgan fingerprint density at radius 2 is 0.879 bits per heavy atom. The van der Waals surface area contributed by atoms with E-state index in [4.69, 9.17) is 5.11 Å². The van der Waals surface area contributed by atoms with Crippen molar-refractivity contribution in [1.29, 1.82) is 0 Å². The van der Waals surface area contributed by atoms with Gasteiger partial charge in [-0.3, -0.25) is 0 Å². The molecule has 0 saturated carbocycles. The van der Waals surface area contributed by atoms with Crippen LogP contribution in [-0.4, -0.2) is 11.2 Å². The van der Waals surface area contributed by atoms with Crippen molar-refractivity contribution in [3.05, 3.63) is 70.8 Å². The highest BCUT2D eigenvalue weighted by atomic mass is 16.3. The summed E-state index contributed by atoms with van der Waals surface area (Å²) in [6.45, 7) is 21.6. The second-order valence-electron chi connectivity index (χ2n) is 9.53. The first kappa shape index (κ1) is 33.6. The van der Waals surface area contributed by atoms with Crippen molar-refractivity contribution in [1.82, 2.24) is 0 Å². The van der Waals surface area contributed by atoms with Crippen LogP contribution in [0.3, 0.4) is 0 Å². The Bertz CT molecular complexity index is 594. The SMILES string of the molecule is CCC(O)CC.CCCC.CCCCCC.Cc1ccc(C(C)(C)c2ccc(C)cc2)cc1. The molecule has 0 amide bonds. The lowest BCUT2D eigenvalue weighted by Gasteiger charge is -2.26. The maximum atomic E-state index is 8.67. The summed E-state index contributed by atoms with van der Waals surface area (Å²) in [5.41, 5.74) is 5.43. The van der Waals surface area contributed by atoms with E-state index in [9.17, 15) is 0 Å². The zero-order chi connectivity index (χ0) is 25.7. The summed E-state index contributed by atoms with van der Waals surface area (Å²) in [6.07, 6.45) is 9.88. The monoisotopic (exact) mass is 456 g/mol. The van der Waals surface area contributed by atoms with Crippen molar-refractivity contribution in [3.63, 3.8) is 0 Å². The number of aliphatic hydroxyl groups is 1. The fraction of sp³-hybridized carbons (Fsp3) is 0.625. The van der Waals surface area contributed by atoms with Crippen LogP contribution in [0.2, 0.25) is 0 Å². The molecule has 190 valence electrons. The van der Waals surface area contributed by atoms with Gasteiger partial charge >= 0.3 is 0 Å². The van der Waals surface area contributed by atoms with E-state index >= 15 is 0 Å². The maximum Gasteiger partial charge on any atom is 0.0535 e. The molecule has 1 nitrogen and oxygen atoms in total. The molecule has 1 N–H and O–H groups in total. The molecule has 0 saturated heterocycles. The first-order chi connectivity index (χ1) is 15.6. The van der Waals surface area contributed by atoms with Gasteiger partial charge in [0.2, 0.25) is 0 Å². The smallest absolute Gasteiger partial charge is 0.0535 e. The van der Waals surface area contributed by atoms with E-state index in [1.54, 1.807) is 0 Å². The Hall–Kier alpha value is -1.60. The molecule has 0 aliphatic carbocycles. The zero-order valence-corrected chi connectivity index (χ0v) is 23.8. The maximum absolute atomic E-state index is 8.67. The molecule has 0 aromatic heterocycles. The number of unbranched alkanes of at least 4 members (excludes halogenated alkanes) is 4. The van der Waals surface area contributed by atoms with Crippen molar-refractivity contribution in [2.75, 3.05) is 0 Å².